The van der Waals surface area contributed by atoms with Crippen LogP contribution >= 0.6 is 0 Å². The van der Waals surface area contributed by atoms with Gasteiger partial charge in [0.05, 0.1) is 0 Å². The third kappa shape index (κ3) is 2.49. The Kier molecular flexibility index (Phi) is 3.48. The molecule has 1 unspecified atom stereocenters. The van der Waals surface area contributed by atoms with E-state index < -0.39 is 11.6 Å². The molecule has 0 aliphatic heterocycles. The fourth-order valence-corrected chi connectivity index (χ4v) is 2.80. The molecule has 1 nitrogen and oxygen atoms in total. The first-order valence-electron chi connectivity index (χ1n) is 6.23. The Bertz CT molecular complexity index is 397. The molecular weight excluding hydrogens is 220 g/mol. The van der Waals surface area contributed by atoms with Gasteiger partial charge < -0.3 is 5.73 Å². The first kappa shape index (κ1) is 12.5. The second kappa shape index (κ2) is 4.73. The smallest absolute Gasteiger partial charge is 0.130 e. The molecule has 94 valence electrons. The summed E-state index contributed by atoms with van der Waals surface area (Å²) in [7, 11) is 0. The van der Waals surface area contributed by atoms with Gasteiger partial charge in [-0.3, -0.25) is 0 Å². The van der Waals surface area contributed by atoms with Crippen LogP contribution in [0.25, 0.3) is 0 Å². The van der Waals surface area contributed by atoms with Gasteiger partial charge in [-0.05, 0) is 24.3 Å². The predicted octanol–water partition coefficient (Wildman–Crippen LogP) is 3.94. The van der Waals surface area contributed by atoms with Gasteiger partial charge in [-0.15, -0.1) is 0 Å². The van der Waals surface area contributed by atoms with Gasteiger partial charge in [-0.1, -0.05) is 32.3 Å². The minimum absolute atomic E-state index is 0.0586. The van der Waals surface area contributed by atoms with E-state index in [0.29, 0.717) is 5.56 Å². The second-order valence-corrected chi connectivity index (χ2v) is 5.36. The molecule has 0 aromatic heterocycles. The molecule has 1 fully saturated rings. The van der Waals surface area contributed by atoms with E-state index in [0.717, 1.165) is 31.7 Å². The van der Waals surface area contributed by atoms with E-state index in [1.54, 1.807) is 0 Å². The minimum atomic E-state index is -0.549. The van der Waals surface area contributed by atoms with Crippen LogP contribution < -0.4 is 5.73 Å². The van der Waals surface area contributed by atoms with Gasteiger partial charge in [0.25, 0.3) is 0 Å². The molecule has 2 rings (SSSR count). The molecule has 0 radical (unpaired) electrons. The van der Waals surface area contributed by atoms with Crippen LogP contribution in [0.3, 0.4) is 0 Å². The number of rotatable bonds is 2. The van der Waals surface area contributed by atoms with Gasteiger partial charge in [0.1, 0.15) is 11.6 Å². The zero-order chi connectivity index (χ0) is 12.5. The van der Waals surface area contributed by atoms with Crippen LogP contribution in [0.15, 0.2) is 18.2 Å². The molecule has 0 amide bonds. The Morgan fingerprint density at radius 1 is 1.18 bits per heavy atom. The summed E-state index contributed by atoms with van der Waals surface area (Å²) in [5.41, 5.74) is 6.57. The molecule has 1 saturated carbocycles. The van der Waals surface area contributed by atoms with Crippen molar-refractivity contribution in [3.8, 4) is 0 Å². The van der Waals surface area contributed by atoms with Gasteiger partial charge in [-0.2, -0.15) is 0 Å². The Balaban J connectivity index is 2.26. The van der Waals surface area contributed by atoms with Crippen molar-refractivity contribution in [2.45, 2.75) is 45.1 Å². The summed E-state index contributed by atoms with van der Waals surface area (Å²) in [6.45, 7) is 2.11. The Labute approximate surface area is 101 Å². The number of hydrogen-bond acceptors (Lipinski definition) is 1. The van der Waals surface area contributed by atoms with Crippen molar-refractivity contribution in [3.63, 3.8) is 0 Å². The number of nitrogens with two attached hydrogens (primary N) is 1. The molecule has 2 N–H and O–H groups in total. The number of hydrogen-bond donors (Lipinski definition) is 1. The van der Waals surface area contributed by atoms with Crippen molar-refractivity contribution in [1.29, 1.82) is 0 Å². The lowest BCUT2D eigenvalue weighted by Crippen LogP contribution is -2.34. The summed E-state index contributed by atoms with van der Waals surface area (Å²) >= 11 is 0. The maximum Gasteiger partial charge on any atom is 0.130 e. The van der Waals surface area contributed by atoms with E-state index >= 15 is 0 Å². The highest BCUT2D eigenvalue weighted by Crippen LogP contribution is 2.44. The fraction of sp³-hybridized carbons (Fsp3) is 0.571. The van der Waals surface area contributed by atoms with E-state index in [1.165, 1.54) is 18.6 Å². The molecule has 0 bridgehead atoms. The number of halogens is 2. The normalized spacial score (nSPS) is 21.2. The lowest BCUT2D eigenvalue weighted by molar-refractivity contribution is 0.167. The van der Waals surface area contributed by atoms with E-state index in [-0.39, 0.29) is 11.5 Å². The summed E-state index contributed by atoms with van der Waals surface area (Å²) in [6.07, 6.45) is 5.56. The Morgan fingerprint density at radius 2 is 1.82 bits per heavy atom. The lowest BCUT2D eigenvalue weighted by Gasteiger charge is -2.39. The molecule has 0 spiro atoms. The fourth-order valence-electron chi connectivity index (χ4n) is 2.80. The predicted molar refractivity (Wildman–Crippen MR) is 64.5 cm³/mol. The van der Waals surface area contributed by atoms with Crippen LogP contribution in [0, 0.1) is 17.0 Å². The lowest BCUT2D eigenvalue weighted by atomic mass is 9.69. The van der Waals surface area contributed by atoms with Gasteiger partial charge in [0.2, 0.25) is 0 Å². The highest BCUT2D eigenvalue weighted by molar-refractivity contribution is 5.24. The van der Waals surface area contributed by atoms with Crippen molar-refractivity contribution in [2.24, 2.45) is 11.1 Å². The quantitative estimate of drug-likeness (QED) is 0.831. The van der Waals surface area contributed by atoms with Gasteiger partial charge in [0, 0.05) is 17.7 Å². The van der Waals surface area contributed by atoms with Crippen molar-refractivity contribution >= 4 is 0 Å². The van der Waals surface area contributed by atoms with Crippen molar-refractivity contribution in [1.82, 2.24) is 0 Å². The Morgan fingerprint density at radius 3 is 2.41 bits per heavy atom. The zero-order valence-electron chi connectivity index (χ0n) is 10.2. The minimum Gasteiger partial charge on any atom is -0.323 e. The summed E-state index contributed by atoms with van der Waals surface area (Å²) in [4.78, 5) is 0. The van der Waals surface area contributed by atoms with Crippen LogP contribution in [0.1, 0.15) is 50.6 Å². The molecule has 17 heavy (non-hydrogen) atoms. The molecule has 1 aromatic rings. The molecule has 1 aliphatic rings. The van der Waals surface area contributed by atoms with Crippen molar-refractivity contribution in [3.05, 3.63) is 35.4 Å². The summed E-state index contributed by atoms with van der Waals surface area (Å²) in [6, 6.07) is 3.34. The maximum absolute atomic E-state index is 13.7. The van der Waals surface area contributed by atoms with E-state index in [1.807, 2.05) is 0 Å². The monoisotopic (exact) mass is 239 g/mol. The standard InChI is InChI=1S/C14H19F2N/c1-14(7-3-2-4-8-14)13(17)11-6-5-10(15)9-12(11)16/h5-6,9,13H,2-4,7-8,17H2,1H3. The molecule has 1 aromatic carbocycles. The summed E-state index contributed by atoms with van der Waals surface area (Å²) < 4.78 is 26.6. The van der Waals surface area contributed by atoms with Crippen LogP contribution in [0.2, 0.25) is 0 Å². The molecular formula is C14H19F2N. The highest BCUT2D eigenvalue weighted by atomic mass is 19.1. The van der Waals surface area contributed by atoms with E-state index in [4.69, 9.17) is 5.73 Å². The van der Waals surface area contributed by atoms with Crippen LogP contribution in [-0.2, 0) is 0 Å². The third-order valence-electron chi connectivity index (χ3n) is 4.04. The first-order valence-corrected chi connectivity index (χ1v) is 6.23. The molecule has 0 heterocycles. The van der Waals surface area contributed by atoms with Crippen molar-refractivity contribution in [2.75, 3.05) is 0 Å². The first-order chi connectivity index (χ1) is 8.03. The van der Waals surface area contributed by atoms with Crippen LogP contribution in [0.4, 0.5) is 8.78 Å². The zero-order valence-corrected chi connectivity index (χ0v) is 10.2. The van der Waals surface area contributed by atoms with Gasteiger partial charge in [-0.25, -0.2) is 8.78 Å². The van der Waals surface area contributed by atoms with E-state index in [2.05, 4.69) is 6.92 Å². The summed E-state index contributed by atoms with van der Waals surface area (Å²) in [5, 5.41) is 0. The van der Waals surface area contributed by atoms with Crippen LogP contribution in [0.5, 0.6) is 0 Å². The summed E-state index contributed by atoms with van der Waals surface area (Å²) in [5.74, 6) is -1.07. The van der Waals surface area contributed by atoms with Crippen molar-refractivity contribution < 1.29 is 8.78 Å². The third-order valence-corrected chi connectivity index (χ3v) is 4.04. The average Bonchev–Trinajstić information content (AvgIpc) is 2.29. The maximum atomic E-state index is 13.7. The molecule has 0 saturated heterocycles. The molecule has 1 atom stereocenters. The molecule has 3 heteroatoms. The van der Waals surface area contributed by atoms with E-state index in [9.17, 15) is 8.78 Å². The highest BCUT2D eigenvalue weighted by Gasteiger charge is 2.35. The van der Waals surface area contributed by atoms with Gasteiger partial charge >= 0.3 is 0 Å². The largest absolute Gasteiger partial charge is 0.323 e. The van der Waals surface area contributed by atoms with Gasteiger partial charge in [0.15, 0.2) is 0 Å². The topological polar surface area (TPSA) is 26.0 Å². The average molecular weight is 239 g/mol. The second-order valence-electron chi connectivity index (χ2n) is 5.36. The molecule has 1 aliphatic carbocycles. The van der Waals surface area contributed by atoms with Crippen LogP contribution in [-0.4, -0.2) is 0 Å². The number of benzene rings is 1. The Hall–Kier alpha value is -0.960. The SMILES string of the molecule is CC1(C(N)c2ccc(F)cc2F)CCCCC1.